The second-order valence-electron chi connectivity index (χ2n) is 6.97. The highest BCUT2D eigenvalue weighted by atomic mass is 16.2. The molecule has 0 bridgehead atoms. The number of hydrogen-bond acceptors (Lipinski definition) is 3. The molecule has 1 aromatic carbocycles. The first kappa shape index (κ1) is 16.1. The van der Waals surface area contributed by atoms with Gasteiger partial charge in [0.2, 0.25) is 0 Å². The average Bonchev–Trinajstić information content (AvgIpc) is 3.19. The SMILES string of the molecule is O=C(c1cn(C2CCCCC2)nn1)N1CC=C(c2ccccc2)CC1. The van der Waals surface area contributed by atoms with Gasteiger partial charge in [0.15, 0.2) is 5.69 Å². The van der Waals surface area contributed by atoms with Crippen molar-refractivity contribution in [1.82, 2.24) is 19.9 Å². The van der Waals surface area contributed by atoms with Crippen LogP contribution in [-0.4, -0.2) is 38.9 Å². The average molecular weight is 336 g/mol. The van der Waals surface area contributed by atoms with E-state index in [9.17, 15) is 4.79 Å². The molecule has 0 N–H and O–H groups in total. The van der Waals surface area contributed by atoms with Gasteiger partial charge in [-0.05, 0) is 30.4 Å². The van der Waals surface area contributed by atoms with E-state index in [1.54, 1.807) is 0 Å². The van der Waals surface area contributed by atoms with Crippen molar-refractivity contribution in [2.24, 2.45) is 0 Å². The predicted molar refractivity (Wildman–Crippen MR) is 97.1 cm³/mol. The van der Waals surface area contributed by atoms with Crippen LogP contribution in [0.1, 0.15) is 60.6 Å². The van der Waals surface area contributed by atoms with Gasteiger partial charge in [-0.1, -0.05) is 60.9 Å². The molecule has 0 radical (unpaired) electrons. The summed E-state index contributed by atoms with van der Waals surface area (Å²) in [5.74, 6) is -0.00887. The summed E-state index contributed by atoms with van der Waals surface area (Å²) in [4.78, 5) is 14.6. The van der Waals surface area contributed by atoms with Crippen molar-refractivity contribution in [3.8, 4) is 0 Å². The number of carbonyl (C=O) groups is 1. The van der Waals surface area contributed by atoms with Gasteiger partial charge in [-0.15, -0.1) is 5.10 Å². The summed E-state index contributed by atoms with van der Waals surface area (Å²) >= 11 is 0. The number of nitrogens with zero attached hydrogens (tertiary/aromatic N) is 4. The van der Waals surface area contributed by atoms with Gasteiger partial charge < -0.3 is 4.90 Å². The third-order valence-electron chi connectivity index (χ3n) is 5.32. The Morgan fingerprint density at radius 3 is 2.60 bits per heavy atom. The molecule has 1 aliphatic carbocycles. The fraction of sp³-hybridized carbons (Fsp3) is 0.450. The van der Waals surface area contributed by atoms with Crippen molar-refractivity contribution in [1.29, 1.82) is 0 Å². The summed E-state index contributed by atoms with van der Waals surface area (Å²) in [5, 5.41) is 8.37. The normalized spacial score (nSPS) is 18.9. The van der Waals surface area contributed by atoms with Gasteiger partial charge in [0.25, 0.3) is 5.91 Å². The highest BCUT2D eigenvalue weighted by Gasteiger charge is 2.23. The Hall–Kier alpha value is -2.43. The Morgan fingerprint density at radius 1 is 1.08 bits per heavy atom. The van der Waals surface area contributed by atoms with E-state index in [0.29, 0.717) is 18.3 Å². The summed E-state index contributed by atoms with van der Waals surface area (Å²) in [6.45, 7) is 1.37. The topological polar surface area (TPSA) is 51.0 Å². The van der Waals surface area contributed by atoms with Crippen molar-refractivity contribution in [3.05, 3.63) is 53.9 Å². The van der Waals surface area contributed by atoms with Crippen LogP contribution in [-0.2, 0) is 0 Å². The van der Waals surface area contributed by atoms with Gasteiger partial charge >= 0.3 is 0 Å². The van der Waals surface area contributed by atoms with Crippen molar-refractivity contribution in [3.63, 3.8) is 0 Å². The fourth-order valence-corrected chi connectivity index (χ4v) is 3.83. The van der Waals surface area contributed by atoms with Crippen molar-refractivity contribution in [2.75, 3.05) is 13.1 Å². The van der Waals surface area contributed by atoms with Crippen LogP contribution in [0.15, 0.2) is 42.6 Å². The molecule has 1 saturated carbocycles. The Labute approximate surface area is 148 Å². The van der Waals surface area contributed by atoms with Gasteiger partial charge in [-0.25, -0.2) is 4.68 Å². The van der Waals surface area contributed by atoms with Crippen molar-refractivity contribution < 1.29 is 4.79 Å². The number of hydrogen-bond donors (Lipinski definition) is 0. The van der Waals surface area contributed by atoms with E-state index in [-0.39, 0.29) is 5.91 Å². The van der Waals surface area contributed by atoms with Gasteiger partial charge in [0.1, 0.15) is 0 Å². The van der Waals surface area contributed by atoms with Crippen LogP contribution in [0.25, 0.3) is 5.57 Å². The maximum Gasteiger partial charge on any atom is 0.276 e. The van der Waals surface area contributed by atoms with E-state index < -0.39 is 0 Å². The van der Waals surface area contributed by atoms with Crippen LogP contribution in [0.4, 0.5) is 0 Å². The second-order valence-corrected chi connectivity index (χ2v) is 6.97. The third-order valence-corrected chi connectivity index (χ3v) is 5.32. The minimum absolute atomic E-state index is 0.00887. The molecular formula is C20H24N4O. The van der Waals surface area contributed by atoms with Crippen LogP contribution in [0.5, 0.6) is 0 Å². The maximum absolute atomic E-state index is 12.7. The van der Waals surface area contributed by atoms with Gasteiger partial charge in [0, 0.05) is 13.1 Å². The number of carbonyl (C=O) groups excluding carboxylic acids is 1. The molecule has 1 aromatic heterocycles. The van der Waals surface area contributed by atoms with Crippen LogP contribution >= 0.6 is 0 Å². The molecule has 0 saturated heterocycles. The zero-order valence-corrected chi connectivity index (χ0v) is 14.5. The molecule has 2 aliphatic rings. The first-order valence-electron chi connectivity index (χ1n) is 9.27. The largest absolute Gasteiger partial charge is 0.333 e. The molecule has 1 amide bonds. The summed E-state index contributed by atoms with van der Waals surface area (Å²) in [5.41, 5.74) is 3.04. The van der Waals surface area contributed by atoms with Gasteiger partial charge in [0.05, 0.1) is 12.2 Å². The molecule has 5 nitrogen and oxygen atoms in total. The molecule has 25 heavy (non-hydrogen) atoms. The molecule has 0 atom stereocenters. The summed E-state index contributed by atoms with van der Waals surface area (Å²) in [6.07, 6.45) is 11.0. The van der Waals surface area contributed by atoms with Gasteiger partial charge in [-0.3, -0.25) is 4.79 Å². The number of aromatic nitrogens is 3. The highest BCUT2D eigenvalue weighted by Crippen LogP contribution is 2.27. The quantitative estimate of drug-likeness (QED) is 0.858. The molecule has 1 aliphatic heterocycles. The number of benzene rings is 1. The van der Waals surface area contributed by atoms with Crippen LogP contribution in [0, 0.1) is 0 Å². The molecule has 0 unspecified atom stereocenters. The highest BCUT2D eigenvalue weighted by molar-refractivity contribution is 5.92. The molecule has 0 spiro atoms. The van der Waals surface area contributed by atoms with E-state index in [0.717, 1.165) is 25.8 Å². The minimum Gasteiger partial charge on any atom is -0.333 e. The van der Waals surface area contributed by atoms with E-state index in [2.05, 4.69) is 40.7 Å². The standard InChI is InChI=1S/C20H24N4O/c25-20(19-15-24(22-21-19)18-9-5-2-6-10-18)23-13-11-17(12-14-23)16-7-3-1-4-8-16/h1,3-4,7-8,11,15,18H,2,5-6,9-10,12-14H2. The zero-order valence-electron chi connectivity index (χ0n) is 14.5. The number of rotatable bonds is 3. The van der Waals surface area contributed by atoms with Crippen LogP contribution in [0.2, 0.25) is 0 Å². The zero-order chi connectivity index (χ0) is 17.1. The Kier molecular flexibility index (Phi) is 4.63. The fourth-order valence-electron chi connectivity index (χ4n) is 3.83. The molecular weight excluding hydrogens is 312 g/mol. The Balaban J connectivity index is 1.42. The Bertz CT molecular complexity index is 759. The van der Waals surface area contributed by atoms with E-state index in [1.807, 2.05) is 21.8 Å². The van der Waals surface area contributed by atoms with Crippen LogP contribution < -0.4 is 0 Å². The lowest BCUT2D eigenvalue weighted by Crippen LogP contribution is -2.34. The predicted octanol–water partition coefficient (Wildman–Crippen LogP) is 3.71. The lowest BCUT2D eigenvalue weighted by atomic mass is 9.96. The molecule has 130 valence electrons. The monoisotopic (exact) mass is 336 g/mol. The number of amides is 1. The lowest BCUT2D eigenvalue weighted by molar-refractivity contribution is 0.0767. The molecule has 1 fully saturated rings. The van der Waals surface area contributed by atoms with E-state index in [1.165, 1.54) is 30.4 Å². The molecule has 4 rings (SSSR count). The first-order valence-corrected chi connectivity index (χ1v) is 9.27. The second kappa shape index (κ2) is 7.21. The Morgan fingerprint density at radius 2 is 1.88 bits per heavy atom. The van der Waals surface area contributed by atoms with Gasteiger partial charge in [-0.2, -0.15) is 0 Å². The maximum atomic E-state index is 12.7. The van der Waals surface area contributed by atoms with E-state index >= 15 is 0 Å². The van der Waals surface area contributed by atoms with Crippen molar-refractivity contribution >= 4 is 11.5 Å². The molecule has 5 heteroatoms. The summed E-state index contributed by atoms with van der Waals surface area (Å²) in [6, 6.07) is 10.8. The third kappa shape index (κ3) is 3.50. The molecule has 2 heterocycles. The summed E-state index contributed by atoms with van der Waals surface area (Å²) < 4.78 is 1.90. The van der Waals surface area contributed by atoms with Crippen LogP contribution in [0.3, 0.4) is 0 Å². The van der Waals surface area contributed by atoms with E-state index in [4.69, 9.17) is 0 Å². The van der Waals surface area contributed by atoms with Crippen molar-refractivity contribution in [2.45, 2.75) is 44.6 Å². The minimum atomic E-state index is -0.00887. The first-order chi connectivity index (χ1) is 12.3. The smallest absolute Gasteiger partial charge is 0.276 e. The molecule has 2 aromatic rings. The summed E-state index contributed by atoms with van der Waals surface area (Å²) in [7, 11) is 0. The lowest BCUT2D eigenvalue weighted by Gasteiger charge is -2.26.